The van der Waals surface area contributed by atoms with Crippen LogP contribution in [0.5, 0.6) is 0 Å². The van der Waals surface area contributed by atoms with Crippen molar-refractivity contribution < 1.29 is 13.2 Å². The van der Waals surface area contributed by atoms with Gasteiger partial charge in [-0.25, -0.2) is 8.42 Å². The molecule has 0 unspecified atom stereocenters. The lowest BCUT2D eigenvalue weighted by Gasteiger charge is -2.23. The van der Waals surface area contributed by atoms with Gasteiger partial charge in [-0.2, -0.15) is 0 Å². The summed E-state index contributed by atoms with van der Waals surface area (Å²) in [5.74, 6) is -0.220. The number of rotatable bonds is 3. The Balaban J connectivity index is 2.95. The molecule has 0 spiro atoms. The van der Waals surface area contributed by atoms with Crippen LogP contribution in [0.2, 0.25) is 0 Å². The molecule has 0 aromatic heterocycles. The second-order valence-corrected chi connectivity index (χ2v) is 7.86. The zero-order valence-corrected chi connectivity index (χ0v) is 11.8. The minimum absolute atomic E-state index is 0.220. The van der Waals surface area contributed by atoms with E-state index in [1.54, 1.807) is 0 Å². The van der Waals surface area contributed by atoms with Crippen molar-refractivity contribution in [1.82, 2.24) is 0 Å². The molecular formula is C13H22O3S. The molecule has 4 heteroatoms. The molecule has 17 heavy (non-hydrogen) atoms. The summed E-state index contributed by atoms with van der Waals surface area (Å²) in [5.41, 5.74) is 0.708. The maximum absolute atomic E-state index is 12.3. The Bertz CT molecular complexity index is 416. The molecular weight excluding hydrogens is 236 g/mol. The molecule has 1 aliphatic rings. The molecule has 0 fully saturated rings. The summed E-state index contributed by atoms with van der Waals surface area (Å²) < 4.78 is 22.0. The lowest BCUT2D eigenvalue weighted by Crippen LogP contribution is -2.40. The zero-order chi connectivity index (χ0) is 13.1. The standard InChI is InChI=1S/C13H22O3S/c1-13(2,17(3,15)16)12(14)11-9-7-5-4-6-8-10-11/h9H,4-8,10H2,1-3H3. The minimum atomic E-state index is -3.36. The van der Waals surface area contributed by atoms with E-state index in [0.29, 0.717) is 5.57 Å². The van der Waals surface area contributed by atoms with E-state index in [0.717, 1.165) is 38.4 Å². The number of hydrogen-bond acceptors (Lipinski definition) is 3. The fourth-order valence-electron chi connectivity index (χ4n) is 1.95. The van der Waals surface area contributed by atoms with E-state index in [4.69, 9.17) is 0 Å². The largest absolute Gasteiger partial charge is 0.293 e. The second kappa shape index (κ2) is 5.34. The summed E-state index contributed by atoms with van der Waals surface area (Å²) in [6.07, 6.45) is 9.09. The molecule has 1 aliphatic carbocycles. The van der Waals surface area contributed by atoms with Gasteiger partial charge in [0.05, 0.1) is 0 Å². The molecule has 0 bridgehead atoms. The third-order valence-electron chi connectivity index (χ3n) is 3.56. The molecule has 0 saturated heterocycles. The highest BCUT2D eigenvalue weighted by molar-refractivity contribution is 7.92. The fraction of sp³-hybridized carbons (Fsp3) is 0.769. The van der Waals surface area contributed by atoms with Crippen LogP contribution in [0.3, 0.4) is 0 Å². The van der Waals surface area contributed by atoms with Gasteiger partial charge in [-0.15, -0.1) is 0 Å². The summed E-state index contributed by atoms with van der Waals surface area (Å²) in [6.45, 7) is 3.01. The fourth-order valence-corrected chi connectivity index (χ4v) is 2.42. The Labute approximate surface area is 104 Å². The highest BCUT2D eigenvalue weighted by Crippen LogP contribution is 2.26. The van der Waals surface area contributed by atoms with Gasteiger partial charge in [-0.3, -0.25) is 4.79 Å². The number of sulfone groups is 1. The summed E-state index contributed by atoms with van der Waals surface area (Å²) in [7, 11) is -3.36. The van der Waals surface area contributed by atoms with Crippen molar-refractivity contribution in [1.29, 1.82) is 0 Å². The van der Waals surface area contributed by atoms with E-state index < -0.39 is 14.6 Å². The molecule has 98 valence electrons. The third kappa shape index (κ3) is 3.41. The van der Waals surface area contributed by atoms with Crippen molar-refractivity contribution in [3.8, 4) is 0 Å². The van der Waals surface area contributed by atoms with E-state index in [1.807, 2.05) is 6.08 Å². The van der Waals surface area contributed by atoms with Gasteiger partial charge in [-0.1, -0.05) is 18.9 Å². The number of carbonyl (C=O) groups is 1. The molecule has 0 radical (unpaired) electrons. The van der Waals surface area contributed by atoms with Crippen molar-refractivity contribution in [2.45, 2.75) is 57.1 Å². The monoisotopic (exact) mass is 258 g/mol. The van der Waals surface area contributed by atoms with Crippen LogP contribution in [0.25, 0.3) is 0 Å². The van der Waals surface area contributed by atoms with E-state index in [1.165, 1.54) is 20.3 Å². The first kappa shape index (κ1) is 14.4. The second-order valence-electron chi connectivity index (χ2n) is 5.29. The van der Waals surface area contributed by atoms with Crippen LogP contribution < -0.4 is 0 Å². The quantitative estimate of drug-likeness (QED) is 0.782. The predicted octanol–water partition coefficient (Wildman–Crippen LogP) is 2.66. The van der Waals surface area contributed by atoms with Gasteiger partial charge in [0.15, 0.2) is 15.6 Å². The van der Waals surface area contributed by atoms with Crippen molar-refractivity contribution in [3.63, 3.8) is 0 Å². The van der Waals surface area contributed by atoms with Gasteiger partial charge >= 0.3 is 0 Å². The van der Waals surface area contributed by atoms with Gasteiger partial charge in [0.25, 0.3) is 0 Å². The molecule has 0 heterocycles. The van der Waals surface area contributed by atoms with Crippen LogP contribution in [0, 0.1) is 0 Å². The first-order chi connectivity index (χ1) is 7.77. The van der Waals surface area contributed by atoms with Crippen LogP contribution in [-0.4, -0.2) is 25.2 Å². The van der Waals surface area contributed by atoms with Crippen LogP contribution in [0.4, 0.5) is 0 Å². The van der Waals surface area contributed by atoms with Gasteiger partial charge in [-0.05, 0) is 45.1 Å². The van der Waals surface area contributed by atoms with Crippen LogP contribution in [0.1, 0.15) is 52.4 Å². The van der Waals surface area contributed by atoms with Gasteiger partial charge in [0.1, 0.15) is 4.75 Å². The summed E-state index contributed by atoms with van der Waals surface area (Å²) in [5, 5.41) is 0. The average molecular weight is 258 g/mol. The molecule has 0 amide bonds. The van der Waals surface area contributed by atoms with E-state index in [2.05, 4.69) is 0 Å². The molecule has 3 nitrogen and oxygen atoms in total. The number of hydrogen-bond donors (Lipinski definition) is 0. The van der Waals surface area contributed by atoms with Crippen molar-refractivity contribution in [3.05, 3.63) is 11.6 Å². The van der Waals surface area contributed by atoms with Crippen LogP contribution in [0.15, 0.2) is 11.6 Å². The molecule has 0 aliphatic heterocycles. The van der Waals surface area contributed by atoms with E-state index >= 15 is 0 Å². The van der Waals surface area contributed by atoms with E-state index in [-0.39, 0.29) is 5.78 Å². The molecule has 1 rings (SSSR count). The number of allylic oxidation sites excluding steroid dienone is 2. The average Bonchev–Trinajstić information content (AvgIpc) is 2.14. The van der Waals surface area contributed by atoms with Crippen molar-refractivity contribution >= 4 is 15.6 Å². The molecule has 0 aromatic rings. The summed E-state index contributed by atoms with van der Waals surface area (Å²) in [6, 6.07) is 0. The maximum Gasteiger partial charge on any atom is 0.179 e. The zero-order valence-electron chi connectivity index (χ0n) is 11.0. The van der Waals surface area contributed by atoms with Gasteiger partial charge in [0.2, 0.25) is 0 Å². The minimum Gasteiger partial charge on any atom is -0.293 e. The Morgan fingerprint density at radius 2 is 1.76 bits per heavy atom. The lowest BCUT2D eigenvalue weighted by atomic mass is 9.92. The highest BCUT2D eigenvalue weighted by Gasteiger charge is 2.39. The van der Waals surface area contributed by atoms with E-state index in [9.17, 15) is 13.2 Å². The topological polar surface area (TPSA) is 51.2 Å². The molecule has 0 atom stereocenters. The first-order valence-corrected chi connectivity index (χ1v) is 8.09. The molecule has 0 saturated carbocycles. The maximum atomic E-state index is 12.3. The summed E-state index contributed by atoms with van der Waals surface area (Å²) in [4.78, 5) is 12.3. The Hall–Kier alpha value is -0.640. The normalized spacial score (nSPS) is 19.1. The van der Waals surface area contributed by atoms with Crippen molar-refractivity contribution in [2.75, 3.05) is 6.26 Å². The van der Waals surface area contributed by atoms with Gasteiger partial charge < -0.3 is 0 Å². The lowest BCUT2D eigenvalue weighted by molar-refractivity contribution is -0.117. The number of ketones is 1. The van der Waals surface area contributed by atoms with Crippen LogP contribution in [-0.2, 0) is 14.6 Å². The molecule has 0 N–H and O–H groups in total. The number of Topliss-reactive ketones (excluding diaryl/α,β-unsaturated/α-hetero) is 1. The predicted molar refractivity (Wildman–Crippen MR) is 69.7 cm³/mol. The smallest absolute Gasteiger partial charge is 0.179 e. The Morgan fingerprint density at radius 1 is 1.18 bits per heavy atom. The molecule has 0 aromatic carbocycles. The highest BCUT2D eigenvalue weighted by atomic mass is 32.2. The SMILES string of the molecule is CC(C)(C(=O)C1=CCCCCCC1)S(C)(=O)=O. The van der Waals surface area contributed by atoms with Crippen molar-refractivity contribution in [2.24, 2.45) is 0 Å². The third-order valence-corrected chi connectivity index (χ3v) is 5.60. The Morgan fingerprint density at radius 3 is 2.35 bits per heavy atom. The van der Waals surface area contributed by atoms with Crippen LogP contribution >= 0.6 is 0 Å². The first-order valence-electron chi connectivity index (χ1n) is 6.20. The summed E-state index contributed by atoms with van der Waals surface area (Å²) >= 11 is 0. The number of carbonyl (C=O) groups excluding carboxylic acids is 1. The Kier molecular flexibility index (Phi) is 4.53. The van der Waals surface area contributed by atoms with Gasteiger partial charge in [0, 0.05) is 6.26 Å².